The van der Waals surface area contributed by atoms with Crippen LogP contribution in [0.1, 0.15) is 42.0 Å². The third-order valence-corrected chi connectivity index (χ3v) is 6.85. The highest BCUT2D eigenvalue weighted by Gasteiger charge is 2.47. The smallest absolute Gasteiger partial charge is 0.226 e. The molecule has 0 spiro atoms. The number of hydrogen-bond acceptors (Lipinski definition) is 11. The summed E-state index contributed by atoms with van der Waals surface area (Å²) >= 11 is 0. The minimum absolute atomic E-state index is 0.354. The van der Waals surface area contributed by atoms with Gasteiger partial charge < -0.3 is 30.1 Å². The SMILES string of the molecule is CCc1cc([C@H]2O[C@@H](n3cnc4c(NCc5ccccc5)nc(NCCc5ccccn5)nc43)[C@H](O)[C@@H]2O)on1. The number of aliphatic hydroxyl groups is 2. The number of benzene rings is 1. The molecular formula is C28H30N8O4. The summed E-state index contributed by atoms with van der Waals surface area (Å²) in [7, 11) is 0. The zero-order valence-corrected chi connectivity index (χ0v) is 21.9. The number of aliphatic hydroxyl groups excluding tert-OH is 2. The lowest BCUT2D eigenvalue weighted by Crippen LogP contribution is -2.29. The van der Waals surface area contributed by atoms with Gasteiger partial charge in [-0.15, -0.1) is 0 Å². The maximum atomic E-state index is 11.0. The molecule has 6 rings (SSSR count). The van der Waals surface area contributed by atoms with Crippen molar-refractivity contribution in [2.75, 3.05) is 17.2 Å². The van der Waals surface area contributed by atoms with Crippen LogP contribution in [0.3, 0.4) is 0 Å². The lowest BCUT2D eigenvalue weighted by atomic mass is 10.1. The predicted molar refractivity (Wildman–Crippen MR) is 146 cm³/mol. The first-order chi connectivity index (χ1) is 19.6. The van der Waals surface area contributed by atoms with Crippen molar-refractivity contribution in [1.29, 1.82) is 0 Å². The maximum absolute atomic E-state index is 11.0. The second-order valence-electron chi connectivity index (χ2n) is 9.56. The van der Waals surface area contributed by atoms with Gasteiger partial charge in [-0.05, 0) is 24.1 Å². The number of hydrogen-bond donors (Lipinski definition) is 4. The molecule has 1 aliphatic heterocycles. The maximum Gasteiger partial charge on any atom is 0.226 e. The van der Waals surface area contributed by atoms with Gasteiger partial charge in [0.2, 0.25) is 5.95 Å². The molecule has 4 atom stereocenters. The predicted octanol–water partition coefficient (Wildman–Crippen LogP) is 3.03. The van der Waals surface area contributed by atoms with Gasteiger partial charge in [-0.1, -0.05) is 48.5 Å². The molecule has 0 bridgehead atoms. The van der Waals surface area contributed by atoms with Gasteiger partial charge in [-0.3, -0.25) is 9.55 Å². The normalized spacial score (nSPS) is 20.7. The van der Waals surface area contributed by atoms with Crippen LogP contribution in [-0.4, -0.2) is 58.6 Å². The van der Waals surface area contributed by atoms with E-state index in [1.54, 1.807) is 16.8 Å². The van der Waals surface area contributed by atoms with Gasteiger partial charge >= 0.3 is 0 Å². The second kappa shape index (κ2) is 11.4. The number of anilines is 2. The number of nitrogens with zero attached hydrogens (tertiary/aromatic N) is 6. The van der Waals surface area contributed by atoms with Crippen LogP contribution in [-0.2, 0) is 24.1 Å². The summed E-state index contributed by atoms with van der Waals surface area (Å²) in [5.74, 6) is 1.26. The van der Waals surface area contributed by atoms with Crippen molar-refractivity contribution in [3.63, 3.8) is 0 Å². The van der Waals surface area contributed by atoms with Crippen molar-refractivity contribution in [1.82, 2.24) is 29.7 Å². The van der Waals surface area contributed by atoms with Crippen LogP contribution in [0.2, 0.25) is 0 Å². The number of nitrogens with one attached hydrogen (secondary N) is 2. The van der Waals surface area contributed by atoms with E-state index < -0.39 is 24.5 Å². The highest BCUT2D eigenvalue weighted by atomic mass is 16.6. The molecule has 12 nitrogen and oxygen atoms in total. The molecule has 206 valence electrons. The molecule has 1 aromatic carbocycles. The Labute approximate surface area is 230 Å². The lowest BCUT2D eigenvalue weighted by molar-refractivity contribution is -0.0434. The highest BCUT2D eigenvalue weighted by Crippen LogP contribution is 2.40. The molecule has 0 radical (unpaired) electrons. The van der Waals surface area contributed by atoms with Crippen molar-refractivity contribution in [3.05, 3.63) is 89.8 Å². The van der Waals surface area contributed by atoms with Gasteiger partial charge in [-0.25, -0.2) is 4.98 Å². The van der Waals surface area contributed by atoms with Crippen LogP contribution in [0.5, 0.6) is 0 Å². The van der Waals surface area contributed by atoms with Gasteiger partial charge in [0.15, 0.2) is 29.0 Å². The molecule has 12 heteroatoms. The fourth-order valence-corrected chi connectivity index (χ4v) is 4.69. The van der Waals surface area contributed by atoms with Crippen molar-refractivity contribution >= 4 is 22.9 Å². The topological polar surface area (TPSA) is 156 Å². The van der Waals surface area contributed by atoms with Gasteiger partial charge in [0.1, 0.15) is 18.3 Å². The van der Waals surface area contributed by atoms with Crippen LogP contribution in [0.4, 0.5) is 11.8 Å². The van der Waals surface area contributed by atoms with E-state index in [-0.39, 0.29) is 0 Å². The summed E-state index contributed by atoms with van der Waals surface area (Å²) < 4.78 is 13.1. The van der Waals surface area contributed by atoms with Crippen molar-refractivity contribution in [3.8, 4) is 0 Å². The zero-order valence-electron chi connectivity index (χ0n) is 21.9. The highest BCUT2D eigenvalue weighted by molar-refractivity contribution is 5.84. The molecule has 5 heterocycles. The van der Waals surface area contributed by atoms with E-state index in [1.165, 1.54) is 6.33 Å². The Morgan fingerprint density at radius 2 is 1.80 bits per heavy atom. The molecule has 0 aliphatic carbocycles. The van der Waals surface area contributed by atoms with Crippen LogP contribution >= 0.6 is 0 Å². The quantitative estimate of drug-likeness (QED) is 0.206. The summed E-state index contributed by atoms with van der Waals surface area (Å²) in [6.45, 7) is 3.04. The number of fused-ring (bicyclic) bond motifs is 1. The van der Waals surface area contributed by atoms with E-state index in [0.29, 0.717) is 54.6 Å². The zero-order chi connectivity index (χ0) is 27.5. The second-order valence-corrected chi connectivity index (χ2v) is 9.56. The first-order valence-corrected chi connectivity index (χ1v) is 13.2. The number of rotatable bonds is 10. The Kier molecular flexibility index (Phi) is 7.36. The largest absolute Gasteiger partial charge is 0.387 e. The average molecular weight is 543 g/mol. The van der Waals surface area contributed by atoms with Gasteiger partial charge in [0, 0.05) is 37.5 Å². The Morgan fingerprint density at radius 3 is 2.58 bits per heavy atom. The molecule has 4 aromatic heterocycles. The minimum atomic E-state index is -1.26. The summed E-state index contributed by atoms with van der Waals surface area (Å²) in [6, 6.07) is 17.5. The average Bonchev–Trinajstić information content (AvgIpc) is 3.71. The standard InChI is InChI=1S/C28H30N8O4/c1-2-18-14-20(40-35-18)24-22(37)23(38)27(39-24)36-16-32-21-25(31-15-17-8-4-3-5-9-17)33-28(34-26(21)36)30-13-11-19-10-6-7-12-29-19/h3-10,12,14,16,22-24,27,37-38H,2,11,13,15H2,1H3,(H2,30,31,33,34)/t22-,23+,24+,27+/m0/s1. The number of aromatic nitrogens is 6. The van der Waals surface area contributed by atoms with Gasteiger partial charge in [0.25, 0.3) is 0 Å². The summed E-state index contributed by atoms with van der Waals surface area (Å²) in [4.78, 5) is 18.3. The summed E-state index contributed by atoms with van der Waals surface area (Å²) in [5, 5.41) is 32.4. The molecule has 0 saturated carbocycles. The molecular weight excluding hydrogens is 512 g/mol. The molecule has 1 saturated heterocycles. The molecule has 40 heavy (non-hydrogen) atoms. The van der Waals surface area contributed by atoms with E-state index in [1.807, 2.05) is 55.5 Å². The van der Waals surface area contributed by atoms with Crippen LogP contribution in [0.25, 0.3) is 11.2 Å². The third kappa shape index (κ3) is 5.24. The van der Waals surface area contributed by atoms with Gasteiger partial charge in [-0.2, -0.15) is 9.97 Å². The summed E-state index contributed by atoms with van der Waals surface area (Å²) in [6.07, 6.45) is 0.323. The lowest BCUT2D eigenvalue weighted by Gasteiger charge is -2.17. The molecule has 1 fully saturated rings. The number of ether oxygens (including phenoxy) is 1. The van der Waals surface area contributed by atoms with E-state index >= 15 is 0 Å². The Morgan fingerprint density at radius 1 is 0.950 bits per heavy atom. The molecule has 1 aliphatic rings. The molecule has 4 N–H and O–H groups in total. The fraction of sp³-hybridized carbons (Fsp3) is 0.321. The van der Waals surface area contributed by atoms with Gasteiger partial charge in [0.05, 0.1) is 12.0 Å². The van der Waals surface area contributed by atoms with E-state index in [4.69, 9.17) is 19.2 Å². The Balaban J connectivity index is 1.30. The summed E-state index contributed by atoms with van der Waals surface area (Å²) in [5.41, 5.74) is 3.71. The molecule has 5 aromatic rings. The van der Waals surface area contributed by atoms with Crippen LogP contribution < -0.4 is 10.6 Å². The Hall–Kier alpha value is -4.39. The third-order valence-electron chi connectivity index (χ3n) is 6.85. The van der Waals surface area contributed by atoms with Crippen LogP contribution in [0, 0.1) is 0 Å². The molecule has 0 amide bonds. The van der Waals surface area contributed by atoms with E-state index in [0.717, 1.165) is 17.0 Å². The fourth-order valence-electron chi connectivity index (χ4n) is 4.69. The number of pyridine rings is 1. The van der Waals surface area contributed by atoms with Crippen molar-refractivity contribution in [2.24, 2.45) is 0 Å². The first-order valence-electron chi connectivity index (χ1n) is 13.2. The first kappa shape index (κ1) is 25.9. The van der Waals surface area contributed by atoms with Crippen LogP contribution in [0.15, 0.2) is 71.6 Å². The van der Waals surface area contributed by atoms with E-state index in [9.17, 15) is 10.2 Å². The molecule has 0 unspecified atom stereocenters. The Bertz CT molecular complexity index is 1560. The number of aryl methyl sites for hydroxylation is 1. The van der Waals surface area contributed by atoms with Crippen molar-refractivity contribution < 1.29 is 19.5 Å². The van der Waals surface area contributed by atoms with Crippen molar-refractivity contribution in [2.45, 2.75) is 50.8 Å². The van der Waals surface area contributed by atoms with E-state index in [2.05, 4.69) is 25.8 Å². The minimum Gasteiger partial charge on any atom is -0.387 e. The monoisotopic (exact) mass is 542 g/mol. The number of imidazole rings is 1.